The van der Waals surface area contributed by atoms with Crippen LogP contribution in [-0.2, 0) is 9.84 Å². The highest BCUT2D eigenvalue weighted by atomic mass is 79.9. The van der Waals surface area contributed by atoms with Crippen LogP contribution in [0.4, 0.5) is 5.69 Å². The summed E-state index contributed by atoms with van der Waals surface area (Å²) in [5, 5.41) is 0. The third-order valence-electron chi connectivity index (χ3n) is 2.16. The van der Waals surface area contributed by atoms with Crippen molar-refractivity contribution >= 4 is 47.4 Å². The molecule has 0 bridgehead atoms. The zero-order chi connectivity index (χ0) is 12.3. The van der Waals surface area contributed by atoms with Gasteiger partial charge in [-0.15, -0.1) is 0 Å². The number of unbranched alkanes of at least 4 members (excludes halogenated alkanes) is 1. The Kier molecular flexibility index (Phi) is 4.82. The molecule has 0 saturated carbocycles. The van der Waals surface area contributed by atoms with Crippen molar-refractivity contribution in [2.24, 2.45) is 0 Å². The van der Waals surface area contributed by atoms with E-state index in [4.69, 9.17) is 5.73 Å². The van der Waals surface area contributed by atoms with Gasteiger partial charge in [-0.3, -0.25) is 0 Å². The van der Waals surface area contributed by atoms with E-state index in [0.717, 1.165) is 6.42 Å². The Morgan fingerprint density at radius 3 is 2.50 bits per heavy atom. The summed E-state index contributed by atoms with van der Waals surface area (Å²) >= 11 is 6.50. The zero-order valence-corrected chi connectivity index (χ0v) is 12.8. The summed E-state index contributed by atoms with van der Waals surface area (Å²) in [7, 11) is -3.28. The number of nitrogen functional groups attached to an aromatic ring is 1. The predicted molar refractivity (Wildman–Crippen MR) is 73.2 cm³/mol. The summed E-state index contributed by atoms with van der Waals surface area (Å²) in [5.41, 5.74) is 6.04. The Labute approximate surface area is 113 Å². The minimum Gasteiger partial charge on any atom is -0.397 e. The number of benzene rings is 1. The Balaban J connectivity index is 3.22. The van der Waals surface area contributed by atoms with Gasteiger partial charge in [-0.1, -0.05) is 29.3 Å². The molecule has 1 rings (SSSR count). The third-order valence-corrected chi connectivity index (χ3v) is 5.11. The fraction of sp³-hybridized carbons (Fsp3) is 0.400. The molecule has 0 aliphatic rings. The largest absolute Gasteiger partial charge is 0.397 e. The van der Waals surface area contributed by atoms with E-state index in [0.29, 0.717) is 15.4 Å². The SMILES string of the molecule is CCCCS(=O)(=O)c1cc(Br)cc(Br)c1N. The molecule has 0 spiro atoms. The monoisotopic (exact) mass is 369 g/mol. The van der Waals surface area contributed by atoms with Crippen LogP contribution in [-0.4, -0.2) is 14.2 Å². The van der Waals surface area contributed by atoms with Crippen molar-refractivity contribution in [3.05, 3.63) is 21.1 Å². The van der Waals surface area contributed by atoms with Crippen LogP contribution < -0.4 is 5.73 Å². The standard InChI is InChI=1S/C10H13Br2NO2S/c1-2-3-4-16(14,15)9-6-7(11)5-8(12)10(9)13/h5-6H,2-4,13H2,1H3. The molecule has 1 aromatic rings. The minimum absolute atomic E-state index is 0.136. The quantitative estimate of drug-likeness (QED) is 0.826. The lowest BCUT2D eigenvalue weighted by Gasteiger charge is -2.09. The Morgan fingerprint density at radius 2 is 1.94 bits per heavy atom. The second-order valence-corrected chi connectivity index (χ2v) is 7.32. The Hall–Kier alpha value is -0.0700. The van der Waals surface area contributed by atoms with E-state index in [1.54, 1.807) is 12.1 Å². The lowest BCUT2D eigenvalue weighted by Crippen LogP contribution is -2.09. The van der Waals surface area contributed by atoms with E-state index in [1.807, 2.05) is 6.92 Å². The molecule has 2 N–H and O–H groups in total. The van der Waals surface area contributed by atoms with Gasteiger partial charge in [0.2, 0.25) is 0 Å². The van der Waals surface area contributed by atoms with E-state index < -0.39 is 9.84 Å². The number of halogens is 2. The van der Waals surface area contributed by atoms with Crippen molar-refractivity contribution in [3.63, 3.8) is 0 Å². The number of hydrogen-bond donors (Lipinski definition) is 1. The summed E-state index contributed by atoms with van der Waals surface area (Å²) in [6.07, 6.45) is 1.49. The first-order chi connectivity index (χ1) is 7.38. The van der Waals surface area contributed by atoms with Crippen molar-refractivity contribution in [3.8, 4) is 0 Å². The topological polar surface area (TPSA) is 60.2 Å². The first kappa shape index (κ1) is 14.0. The van der Waals surface area contributed by atoms with Gasteiger partial charge in [0.25, 0.3) is 0 Å². The van der Waals surface area contributed by atoms with Crippen LogP contribution >= 0.6 is 31.9 Å². The molecule has 1 aromatic carbocycles. The molecule has 0 heterocycles. The first-order valence-corrected chi connectivity index (χ1v) is 8.09. The highest BCUT2D eigenvalue weighted by Gasteiger charge is 2.19. The van der Waals surface area contributed by atoms with Crippen molar-refractivity contribution in [2.45, 2.75) is 24.7 Å². The van der Waals surface area contributed by atoms with Gasteiger partial charge in [-0.2, -0.15) is 0 Å². The number of sulfone groups is 1. The Morgan fingerprint density at radius 1 is 1.31 bits per heavy atom. The van der Waals surface area contributed by atoms with Gasteiger partial charge < -0.3 is 5.73 Å². The van der Waals surface area contributed by atoms with E-state index >= 15 is 0 Å². The number of hydrogen-bond acceptors (Lipinski definition) is 3. The van der Waals surface area contributed by atoms with Gasteiger partial charge >= 0.3 is 0 Å². The molecular formula is C10H13Br2NO2S. The molecule has 0 aromatic heterocycles. The van der Waals surface area contributed by atoms with Gasteiger partial charge in [0.15, 0.2) is 9.84 Å². The van der Waals surface area contributed by atoms with Crippen LogP contribution in [0.5, 0.6) is 0 Å². The summed E-state index contributed by atoms with van der Waals surface area (Å²) in [4.78, 5) is 0.196. The van der Waals surface area contributed by atoms with Gasteiger partial charge in [0.1, 0.15) is 0 Å². The molecule has 0 aliphatic carbocycles. The van der Waals surface area contributed by atoms with Crippen LogP contribution in [0.3, 0.4) is 0 Å². The van der Waals surface area contributed by atoms with Crippen LogP contribution in [0.2, 0.25) is 0 Å². The van der Waals surface area contributed by atoms with E-state index in [2.05, 4.69) is 31.9 Å². The second-order valence-electron chi connectivity index (χ2n) is 3.47. The first-order valence-electron chi connectivity index (χ1n) is 4.85. The van der Waals surface area contributed by atoms with Crippen molar-refractivity contribution in [1.29, 1.82) is 0 Å². The highest BCUT2D eigenvalue weighted by molar-refractivity contribution is 9.11. The summed E-state index contributed by atoms with van der Waals surface area (Å²) in [6, 6.07) is 3.28. The van der Waals surface area contributed by atoms with Crippen molar-refractivity contribution in [1.82, 2.24) is 0 Å². The average Bonchev–Trinajstić information content (AvgIpc) is 2.20. The average molecular weight is 371 g/mol. The molecule has 0 fully saturated rings. The maximum Gasteiger partial charge on any atom is 0.180 e. The zero-order valence-electron chi connectivity index (χ0n) is 8.83. The second kappa shape index (κ2) is 5.51. The molecule has 0 unspecified atom stereocenters. The summed E-state index contributed by atoms with van der Waals surface area (Å²) in [5.74, 6) is 0.136. The normalized spacial score (nSPS) is 11.7. The molecule has 6 heteroatoms. The van der Waals surface area contributed by atoms with Crippen molar-refractivity contribution < 1.29 is 8.42 Å². The fourth-order valence-corrected chi connectivity index (χ4v) is 4.41. The molecule has 0 radical (unpaired) electrons. The van der Waals surface area contributed by atoms with Crippen molar-refractivity contribution in [2.75, 3.05) is 11.5 Å². The third kappa shape index (κ3) is 3.21. The lowest BCUT2D eigenvalue weighted by molar-refractivity contribution is 0.593. The molecule has 3 nitrogen and oxygen atoms in total. The lowest BCUT2D eigenvalue weighted by atomic mass is 10.3. The Bertz CT molecular complexity index is 486. The molecule has 0 aliphatic heterocycles. The molecule has 0 atom stereocenters. The molecule has 16 heavy (non-hydrogen) atoms. The molecule has 0 saturated heterocycles. The van der Waals surface area contributed by atoms with E-state index in [9.17, 15) is 8.42 Å². The summed E-state index contributed by atoms with van der Waals surface area (Å²) < 4.78 is 25.3. The van der Waals surface area contributed by atoms with E-state index in [1.165, 1.54) is 0 Å². The van der Waals surface area contributed by atoms with Crippen LogP contribution in [0.15, 0.2) is 26.0 Å². The molecule has 0 amide bonds. The molecular weight excluding hydrogens is 358 g/mol. The summed E-state index contributed by atoms with van der Waals surface area (Å²) in [6.45, 7) is 1.95. The number of rotatable bonds is 4. The van der Waals surface area contributed by atoms with Crippen LogP contribution in [0, 0.1) is 0 Å². The van der Waals surface area contributed by atoms with Crippen LogP contribution in [0.1, 0.15) is 19.8 Å². The van der Waals surface area contributed by atoms with Gasteiger partial charge in [0, 0.05) is 8.95 Å². The predicted octanol–water partition coefficient (Wildman–Crippen LogP) is 3.37. The fourth-order valence-electron chi connectivity index (χ4n) is 1.26. The number of anilines is 1. The van der Waals surface area contributed by atoms with Crippen LogP contribution in [0.25, 0.3) is 0 Å². The number of nitrogens with two attached hydrogens (primary N) is 1. The molecule has 90 valence electrons. The highest BCUT2D eigenvalue weighted by Crippen LogP contribution is 2.32. The maximum atomic E-state index is 12.0. The van der Waals surface area contributed by atoms with Gasteiger partial charge in [-0.05, 0) is 34.5 Å². The smallest absolute Gasteiger partial charge is 0.180 e. The minimum atomic E-state index is -3.28. The maximum absolute atomic E-state index is 12.0. The van der Waals surface area contributed by atoms with Gasteiger partial charge in [-0.25, -0.2) is 8.42 Å². The van der Waals surface area contributed by atoms with E-state index in [-0.39, 0.29) is 16.3 Å². The van der Waals surface area contributed by atoms with Gasteiger partial charge in [0.05, 0.1) is 16.3 Å².